The number of alkyl halides is 1. The van der Waals surface area contributed by atoms with E-state index >= 15 is 0 Å². The molecule has 200 valence electrons. The van der Waals surface area contributed by atoms with Gasteiger partial charge in [-0.1, -0.05) is 24.6 Å². The first-order chi connectivity index (χ1) is 17.1. The van der Waals surface area contributed by atoms with Crippen molar-refractivity contribution in [2.75, 3.05) is 20.1 Å². The molecule has 0 aromatic heterocycles. The molecule has 0 spiro atoms. The Morgan fingerprint density at radius 3 is 2.72 bits per heavy atom. The standard InChI is InChI=1S/C29H44FN3O3/c1-18(32-36-27(35)33(4)16-12-26-25(30)11-15-31-26)22-7-8-23-21-6-5-19-17-20(34)9-13-28(19,2)24(21)10-14-29(22,23)3/h17,21-26,31H,5-16H2,1-4H3/b32-18+/t21-,22+,23-,24-,25?,26?,28-,29+/m0/s1. The van der Waals surface area contributed by atoms with Crippen LogP contribution in [-0.2, 0) is 9.63 Å². The third-order valence-electron chi connectivity index (χ3n) is 11.1. The number of carbonyl (C=O) groups is 2. The highest BCUT2D eigenvalue weighted by Crippen LogP contribution is 2.66. The van der Waals surface area contributed by atoms with Gasteiger partial charge >= 0.3 is 6.09 Å². The van der Waals surface area contributed by atoms with Crippen LogP contribution in [0.25, 0.3) is 0 Å². The van der Waals surface area contributed by atoms with Crippen LogP contribution in [-0.4, -0.2) is 54.8 Å². The number of allylic oxidation sites excluding steroid dienone is 1. The van der Waals surface area contributed by atoms with Crippen LogP contribution in [0.3, 0.4) is 0 Å². The van der Waals surface area contributed by atoms with Gasteiger partial charge in [-0.15, -0.1) is 0 Å². The van der Waals surface area contributed by atoms with E-state index in [1.807, 2.05) is 13.0 Å². The number of amides is 1. The lowest BCUT2D eigenvalue weighted by molar-refractivity contribution is -0.117. The fourth-order valence-electron chi connectivity index (χ4n) is 8.93. The Morgan fingerprint density at radius 1 is 1.17 bits per heavy atom. The van der Waals surface area contributed by atoms with Crippen LogP contribution in [0.15, 0.2) is 16.8 Å². The molecule has 1 aliphatic heterocycles. The molecule has 1 saturated heterocycles. The number of ketones is 1. The van der Waals surface area contributed by atoms with Crippen molar-refractivity contribution in [3.05, 3.63) is 11.6 Å². The first kappa shape index (κ1) is 25.9. The molecule has 3 saturated carbocycles. The summed E-state index contributed by atoms with van der Waals surface area (Å²) in [5, 5.41) is 7.50. The van der Waals surface area contributed by atoms with Crippen molar-refractivity contribution >= 4 is 17.6 Å². The summed E-state index contributed by atoms with van der Waals surface area (Å²) in [5.41, 5.74) is 2.71. The van der Waals surface area contributed by atoms with Crippen LogP contribution in [0.2, 0.25) is 0 Å². The average Bonchev–Trinajstić information content (AvgIpc) is 3.43. The third-order valence-corrected chi connectivity index (χ3v) is 11.1. The number of nitrogens with one attached hydrogen (secondary N) is 1. The maximum Gasteiger partial charge on any atom is 0.435 e. The van der Waals surface area contributed by atoms with Crippen LogP contribution in [0.5, 0.6) is 0 Å². The van der Waals surface area contributed by atoms with Gasteiger partial charge in [0.25, 0.3) is 0 Å². The van der Waals surface area contributed by atoms with Gasteiger partial charge in [-0.25, -0.2) is 9.18 Å². The third kappa shape index (κ3) is 4.43. The fraction of sp³-hybridized carbons (Fsp3) is 0.828. The highest BCUT2D eigenvalue weighted by molar-refractivity contribution is 5.91. The number of hydrogen-bond donors (Lipinski definition) is 1. The number of oxime groups is 1. The zero-order chi connectivity index (χ0) is 25.7. The number of hydrogen-bond acceptors (Lipinski definition) is 5. The van der Waals surface area contributed by atoms with E-state index in [1.54, 1.807) is 7.05 Å². The Kier molecular flexibility index (Phi) is 7.08. The van der Waals surface area contributed by atoms with Crippen LogP contribution in [0, 0.1) is 34.5 Å². The summed E-state index contributed by atoms with van der Waals surface area (Å²) in [4.78, 5) is 31.5. The summed E-state index contributed by atoms with van der Waals surface area (Å²) in [7, 11) is 1.69. The van der Waals surface area contributed by atoms with E-state index in [2.05, 4.69) is 24.3 Å². The molecule has 2 unspecified atom stereocenters. The van der Waals surface area contributed by atoms with Gasteiger partial charge in [0, 0.05) is 32.0 Å². The molecule has 4 fully saturated rings. The van der Waals surface area contributed by atoms with Gasteiger partial charge in [0.05, 0.1) is 5.71 Å². The van der Waals surface area contributed by atoms with Crippen molar-refractivity contribution < 1.29 is 18.8 Å². The van der Waals surface area contributed by atoms with E-state index in [0.29, 0.717) is 61.8 Å². The lowest BCUT2D eigenvalue weighted by Gasteiger charge is -2.58. The molecule has 6 nitrogen and oxygen atoms in total. The lowest BCUT2D eigenvalue weighted by atomic mass is 9.46. The van der Waals surface area contributed by atoms with E-state index in [9.17, 15) is 14.0 Å². The molecule has 0 bridgehead atoms. The monoisotopic (exact) mass is 501 g/mol. The molecule has 5 rings (SSSR count). The van der Waals surface area contributed by atoms with E-state index in [-0.39, 0.29) is 16.9 Å². The number of carbonyl (C=O) groups excluding carboxylic acids is 2. The van der Waals surface area contributed by atoms with Gasteiger partial charge in [-0.05, 0) is 106 Å². The minimum absolute atomic E-state index is 0.180. The molecular weight excluding hydrogens is 457 g/mol. The van der Waals surface area contributed by atoms with Crippen molar-refractivity contribution in [3.63, 3.8) is 0 Å². The highest BCUT2D eigenvalue weighted by Gasteiger charge is 2.59. The Morgan fingerprint density at radius 2 is 1.97 bits per heavy atom. The summed E-state index contributed by atoms with van der Waals surface area (Å²) in [6, 6.07) is -0.182. The van der Waals surface area contributed by atoms with Crippen molar-refractivity contribution in [3.8, 4) is 0 Å². The first-order valence-corrected chi connectivity index (χ1v) is 14.2. The fourth-order valence-corrected chi connectivity index (χ4v) is 8.93. The lowest BCUT2D eigenvalue weighted by Crippen LogP contribution is -2.51. The SMILES string of the molecule is C/C(=N\OC(=O)N(C)CCC1NCCC1F)[C@H]1CC[C@H]2[C@@H]3CCC4=CC(=O)CC[C@]4(C)[C@H]3CC[C@]12C. The number of fused-ring (bicyclic) bond motifs is 5. The molecular formula is C29H44FN3O3. The Balaban J connectivity index is 1.21. The average molecular weight is 502 g/mol. The van der Waals surface area contributed by atoms with Crippen molar-refractivity contribution in [2.24, 2.45) is 39.7 Å². The molecule has 1 heterocycles. The normalized spacial score (nSPS) is 42.3. The molecule has 36 heavy (non-hydrogen) atoms. The predicted octanol–water partition coefficient (Wildman–Crippen LogP) is 5.67. The van der Waals surface area contributed by atoms with Gasteiger partial charge in [-0.3, -0.25) is 9.63 Å². The molecule has 1 amide bonds. The molecule has 4 aliphatic carbocycles. The molecule has 0 radical (unpaired) electrons. The Bertz CT molecular complexity index is 950. The van der Waals surface area contributed by atoms with Crippen LogP contribution >= 0.6 is 0 Å². The largest absolute Gasteiger partial charge is 0.435 e. The second kappa shape index (κ2) is 9.85. The zero-order valence-electron chi connectivity index (χ0n) is 22.5. The second-order valence-corrected chi connectivity index (χ2v) is 12.8. The van der Waals surface area contributed by atoms with Crippen molar-refractivity contribution in [2.45, 2.75) is 97.2 Å². The molecule has 5 aliphatic rings. The van der Waals surface area contributed by atoms with E-state index in [4.69, 9.17) is 4.84 Å². The first-order valence-electron chi connectivity index (χ1n) is 14.2. The van der Waals surface area contributed by atoms with E-state index < -0.39 is 12.3 Å². The molecule has 1 N–H and O–H groups in total. The van der Waals surface area contributed by atoms with E-state index in [0.717, 1.165) is 25.0 Å². The maximum atomic E-state index is 13.8. The van der Waals surface area contributed by atoms with E-state index in [1.165, 1.54) is 36.2 Å². The predicted molar refractivity (Wildman–Crippen MR) is 138 cm³/mol. The summed E-state index contributed by atoms with van der Waals surface area (Å²) in [6.07, 6.45) is 10.4. The molecule has 8 atom stereocenters. The smallest absolute Gasteiger partial charge is 0.311 e. The quantitative estimate of drug-likeness (QED) is 0.299. The minimum atomic E-state index is -0.837. The van der Waals surface area contributed by atoms with Gasteiger partial charge in [0.1, 0.15) is 6.17 Å². The van der Waals surface area contributed by atoms with Crippen LogP contribution < -0.4 is 5.32 Å². The molecule has 0 aromatic carbocycles. The van der Waals surface area contributed by atoms with Gasteiger partial charge in [0.15, 0.2) is 5.78 Å². The Labute approximate surface area is 215 Å². The van der Waals surface area contributed by atoms with Gasteiger partial charge in [-0.2, -0.15) is 0 Å². The summed E-state index contributed by atoms with van der Waals surface area (Å²) >= 11 is 0. The Hall–Kier alpha value is -1.76. The maximum absolute atomic E-state index is 13.8. The van der Waals surface area contributed by atoms with Crippen LogP contribution in [0.1, 0.15) is 85.0 Å². The minimum Gasteiger partial charge on any atom is -0.311 e. The summed E-state index contributed by atoms with van der Waals surface area (Å²) < 4.78 is 13.8. The van der Waals surface area contributed by atoms with Crippen molar-refractivity contribution in [1.29, 1.82) is 0 Å². The topological polar surface area (TPSA) is 71.0 Å². The van der Waals surface area contributed by atoms with Crippen molar-refractivity contribution in [1.82, 2.24) is 10.2 Å². The second-order valence-electron chi connectivity index (χ2n) is 12.8. The molecule has 7 heteroatoms. The van der Waals surface area contributed by atoms with Crippen LogP contribution in [0.4, 0.5) is 9.18 Å². The van der Waals surface area contributed by atoms with Gasteiger partial charge in [0.2, 0.25) is 0 Å². The molecule has 0 aromatic rings. The number of nitrogens with zero attached hydrogens (tertiary/aromatic N) is 2. The summed E-state index contributed by atoms with van der Waals surface area (Å²) in [6.45, 7) is 8.03. The zero-order valence-corrected chi connectivity index (χ0v) is 22.5. The van der Waals surface area contributed by atoms with Gasteiger partial charge < -0.3 is 10.2 Å². The summed E-state index contributed by atoms with van der Waals surface area (Å²) in [5.74, 6) is 2.68. The number of halogens is 1. The highest BCUT2D eigenvalue weighted by atomic mass is 19.1. The number of rotatable bonds is 5.